The number of thioether (sulfide) groups is 1. The van der Waals surface area contributed by atoms with Crippen LogP contribution in [0.5, 0.6) is 0 Å². The van der Waals surface area contributed by atoms with Crippen LogP contribution in [-0.4, -0.2) is 36.9 Å². The fourth-order valence-corrected chi connectivity index (χ4v) is 3.54. The number of para-hydroxylation sites is 1. The van der Waals surface area contributed by atoms with Gasteiger partial charge < -0.3 is 9.88 Å². The van der Waals surface area contributed by atoms with Gasteiger partial charge in [-0.25, -0.2) is 4.98 Å². The molecule has 4 rings (SSSR count). The summed E-state index contributed by atoms with van der Waals surface area (Å²) in [6.45, 7) is 4.78. The van der Waals surface area contributed by atoms with Crippen molar-refractivity contribution in [2.24, 2.45) is 0 Å². The number of rotatable bonds is 5. The molecule has 3 aromatic rings. The minimum atomic E-state index is -0.232. The minimum Gasteiger partial charge on any atom is -0.352 e. The maximum Gasteiger partial charge on any atom is 0.233 e. The van der Waals surface area contributed by atoms with Gasteiger partial charge >= 0.3 is 0 Å². The molecule has 0 spiro atoms. The Morgan fingerprint density at radius 1 is 1.38 bits per heavy atom. The van der Waals surface area contributed by atoms with Crippen LogP contribution in [-0.2, 0) is 11.3 Å². The molecule has 1 aliphatic carbocycles. The van der Waals surface area contributed by atoms with E-state index in [1.54, 1.807) is 0 Å². The van der Waals surface area contributed by atoms with E-state index in [4.69, 9.17) is 0 Å². The molecule has 6 nitrogen and oxygen atoms in total. The van der Waals surface area contributed by atoms with E-state index in [0.29, 0.717) is 11.2 Å². The van der Waals surface area contributed by atoms with Gasteiger partial charge in [0.2, 0.25) is 11.1 Å². The number of hydrogen-bond acceptors (Lipinski definition) is 5. The molecule has 1 saturated carbocycles. The Balaban J connectivity index is 1.67. The largest absolute Gasteiger partial charge is 0.352 e. The normalized spacial score (nSPS) is 15.8. The van der Waals surface area contributed by atoms with Crippen LogP contribution in [0.15, 0.2) is 29.4 Å². The highest BCUT2D eigenvalue weighted by atomic mass is 32.2. The summed E-state index contributed by atoms with van der Waals surface area (Å²) in [5, 5.41) is 13.0. The zero-order valence-electron chi connectivity index (χ0n) is 13.7. The monoisotopic (exact) mass is 341 g/mol. The molecule has 124 valence electrons. The predicted molar refractivity (Wildman–Crippen MR) is 95.0 cm³/mol. The second-order valence-electron chi connectivity index (χ2n) is 6.07. The summed E-state index contributed by atoms with van der Waals surface area (Å²) in [6.07, 6.45) is 2.17. The van der Waals surface area contributed by atoms with E-state index in [2.05, 4.69) is 38.1 Å². The van der Waals surface area contributed by atoms with Crippen LogP contribution < -0.4 is 5.32 Å². The van der Waals surface area contributed by atoms with E-state index in [1.807, 2.05) is 25.1 Å². The number of nitrogens with one attached hydrogen (secondary N) is 1. The van der Waals surface area contributed by atoms with Crippen LogP contribution in [0.4, 0.5) is 0 Å². The average molecular weight is 341 g/mol. The van der Waals surface area contributed by atoms with E-state index in [9.17, 15) is 4.79 Å². The second kappa shape index (κ2) is 6.05. The van der Waals surface area contributed by atoms with Crippen molar-refractivity contribution in [2.45, 2.75) is 49.7 Å². The first-order valence-corrected chi connectivity index (χ1v) is 9.14. The summed E-state index contributed by atoms with van der Waals surface area (Å²) < 4.78 is 2.14. The fraction of sp³-hybridized carbons (Fsp3) is 0.412. The Hall–Kier alpha value is -2.15. The summed E-state index contributed by atoms with van der Waals surface area (Å²) in [4.78, 5) is 16.8. The summed E-state index contributed by atoms with van der Waals surface area (Å²) in [7, 11) is 0. The summed E-state index contributed by atoms with van der Waals surface area (Å²) in [5.41, 5.74) is 2.75. The molecule has 1 atom stereocenters. The van der Waals surface area contributed by atoms with Crippen molar-refractivity contribution in [3.8, 4) is 0 Å². The summed E-state index contributed by atoms with van der Waals surface area (Å²) >= 11 is 1.36. The Kier molecular flexibility index (Phi) is 3.88. The maximum absolute atomic E-state index is 12.1. The van der Waals surface area contributed by atoms with E-state index >= 15 is 0 Å². The molecule has 0 aliphatic heterocycles. The van der Waals surface area contributed by atoms with Gasteiger partial charge in [0.25, 0.3) is 0 Å². The highest BCUT2D eigenvalue weighted by Gasteiger charge is 2.26. The molecule has 1 N–H and O–H groups in total. The van der Waals surface area contributed by atoms with Crippen LogP contribution in [0, 0.1) is 0 Å². The second-order valence-corrected chi connectivity index (χ2v) is 7.38. The molecule has 1 aliphatic rings. The Morgan fingerprint density at radius 2 is 2.17 bits per heavy atom. The first kappa shape index (κ1) is 15.4. The topological polar surface area (TPSA) is 72.7 Å². The summed E-state index contributed by atoms with van der Waals surface area (Å²) in [5.74, 6) is 0.0437. The van der Waals surface area contributed by atoms with Gasteiger partial charge in [-0.05, 0) is 32.8 Å². The third-order valence-corrected chi connectivity index (χ3v) is 5.20. The Bertz CT molecular complexity index is 918. The number of aryl methyl sites for hydroxylation is 1. The van der Waals surface area contributed by atoms with E-state index in [1.165, 1.54) is 11.8 Å². The van der Waals surface area contributed by atoms with Crippen LogP contribution in [0.25, 0.3) is 22.1 Å². The minimum absolute atomic E-state index is 0.0437. The van der Waals surface area contributed by atoms with Gasteiger partial charge in [-0.2, -0.15) is 0 Å². The number of aromatic nitrogens is 4. The molecule has 24 heavy (non-hydrogen) atoms. The molecular formula is C17H19N5OS. The van der Waals surface area contributed by atoms with E-state index in [-0.39, 0.29) is 11.2 Å². The Morgan fingerprint density at radius 3 is 2.92 bits per heavy atom. The lowest BCUT2D eigenvalue weighted by atomic mass is 10.2. The van der Waals surface area contributed by atoms with Gasteiger partial charge in [0.1, 0.15) is 5.52 Å². The lowest BCUT2D eigenvalue weighted by Crippen LogP contribution is -2.32. The molecule has 2 aromatic heterocycles. The van der Waals surface area contributed by atoms with Crippen molar-refractivity contribution < 1.29 is 4.79 Å². The fourth-order valence-electron chi connectivity index (χ4n) is 2.82. The van der Waals surface area contributed by atoms with Gasteiger partial charge in [0.15, 0.2) is 5.65 Å². The number of hydrogen-bond donors (Lipinski definition) is 1. The smallest absolute Gasteiger partial charge is 0.233 e. The quantitative estimate of drug-likeness (QED) is 0.723. The third-order valence-electron chi connectivity index (χ3n) is 4.25. The van der Waals surface area contributed by atoms with Gasteiger partial charge in [0.05, 0.1) is 10.8 Å². The number of carbonyl (C=O) groups excluding carboxylic acids is 1. The van der Waals surface area contributed by atoms with Crippen molar-refractivity contribution in [1.29, 1.82) is 0 Å². The van der Waals surface area contributed by atoms with Crippen molar-refractivity contribution in [3.63, 3.8) is 0 Å². The number of benzene rings is 1. The molecule has 1 aromatic carbocycles. The van der Waals surface area contributed by atoms with E-state index in [0.717, 1.165) is 41.5 Å². The number of fused-ring (bicyclic) bond motifs is 3. The average Bonchev–Trinajstić information content (AvgIpc) is 3.35. The highest BCUT2D eigenvalue weighted by Crippen LogP contribution is 2.28. The highest BCUT2D eigenvalue weighted by molar-refractivity contribution is 8.00. The zero-order chi connectivity index (χ0) is 16.7. The van der Waals surface area contributed by atoms with Gasteiger partial charge in [0, 0.05) is 18.0 Å². The third kappa shape index (κ3) is 2.73. The van der Waals surface area contributed by atoms with Crippen molar-refractivity contribution >= 4 is 39.7 Å². The zero-order valence-corrected chi connectivity index (χ0v) is 14.5. The number of carbonyl (C=O) groups is 1. The summed E-state index contributed by atoms with van der Waals surface area (Å²) in [6, 6.07) is 8.49. The van der Waals surface area contributed by atoms with Gasteiger partial charge in [-0.15, -0.1) is 10.2 Å². The molecular weight excluding hydrogens is 322 g/mol. The predicted octanol–water partition coefficient (Wildman–Crippen LogP) is 2.76. The van der Waals surface area contributed by atoms with Crippen molar-refractivity contribution in [2.75, 3.05) is 0 Å². The van der Waals surface area contributed by atoms with Crippen molar-refractivity contribution in [1.82, 2.24) is 25.1 Å². The molecule has 1 amide bonds. The molecule has 1 fully saturated rings. The Labute approximate surface area is 144 Å². The van der Waals surface area contributed by atoms with Crippen LogP contribution in [0.3, 0.4) is 0 Å². The lowest BCUT2D eigenvalue weighted by Gasteiger charge is -2.10. The lowest BCUT2D eigenvalue weighted by molar-refractivity contribution is -0.120. The van der Waals surface area contributed by atoms with E-state index < -0.39 is 0 Å². The molecule has 0 bridgehead atoms. The molecule has 0 saturated heterocycles. The van der Waals surface area contributed by atoms with Crippen molar-refractivity contribution in [3.05, 3.63) is 24.3 Å². The van der Waals surface area contributed by atoms with Crippen LogP contribution in [0.1, 0.15) is 26.7 Å². The number of amides is 1. The SMILES string of the molecule is CCn1c2ccccc2c2nnc(SC(C)C(=O)NC3CC3)nc21. The van der Waals surface area contributed by atoms with Gasteiger partial charge in [-0.3, -0.25) is 4.79 Å². The molecule has 0 radical (unpaired) electrons. The molecule has 2 heterocycles. The first-order valence-electron chi connectivity index (χ1n) is 8.26. The van der Waals surface area contributed by atoms with Crippen LogP contribution >= 0.6 is 11.8 Å². The van der Waals surface area contributed by atoms with Crippen LogP contribution in [0.2, 0.25) is 0 Å². The molecule has 1 unspecified atom stereocenters. The standard InChI is InChI=1S/C17H19N5OS/c1-3-22-13-7-5-4-6-12(13)14-15(22)19-17(21-20-14)24-10(2)16(23)18-11-8-9-11/h4-7,10-11H,3,8-9H2,1-2H3,(H,18,23). The first-order chi connectivity index (χ1) is 11.7. The molecule has 7 heteroatoms. The maximum atomic E-state index is 12.1. The number of nitrogens with zero attached hydrogens (tertiary/aromatic N) is 4. The van der Waals surface area contributed by atoms with Gasteiger partial charge in [-0.1, -0.05) is 30.0 Å².